The molecule has 7 nitrogen and oxygen atoms in total. The minimum atomic E-state index is -4.00. The molecular formula is C26H30N2O5S. The molecule has 0 spiro atoms. The summed E-state index contributed by atoms with van der Waals surface area (Å²) in [7, 11) is -2.47. The molecule has 3 rings (SSSR count). The van der Waals surface area contributed by atoms with Gasteiger partial charge in [-0.3, -0.25) is 9.10 Å². The summed E-state index contributed by atoms with van der Waals surface area (Å²) < 4.78 is 39.1. The van der Waals surface area contributed by atoms with E-state index >= 15 is 0 Å². The summed E-state index contributed by atoms with van der Waals surface area (Å²) in [6, 6.07) is 20.6. The highest BCUT2D eigenvalue weighted by atomic mass is 32.2. The molecule has 0 heterocycles. The van der Waals surface area contributed by atoms with Crippen molar-refractivity contribution < 1.29 is 22.7 Å². The Hall–Kier alpha value is -3.52. The molecule has 0 radical (unpaired) electrons. The van der Waals surface area contributed by atoms with Crippen molar-refractivity contribution in [2.75, 3.05) is 18.0 Å². The first kappa shape index (κ1) is 25.1. The van der Waals surface area contributed by atoms with E-state index in [2.05, 4.69) is 5.32 Å². The number of carbonyl (C=O) groups excluding carboxylic acids is 1. The number of hydrogen-bond acceptors (Lipinski definition) is 5. The Bertz CT molecular complexity index is 1230. The molecule has 0 aromatic heterocycles. The van der Waals surface area contributed by atoms with E-state index in [0.717, 1.165) is 9.87 Å². The molecule has 3 aromatic rings. The van der Waals surface area contributed by atoms with Crippen molar-refractivity contribution in [3.63, 3.8) is 0 Å². The lowest BCUT2D eigenvalue weighted by atomic mass is 10.2. The van der Waals surface area contributed by atoms with Crippen molar-refractivity contribution in [1.29, 1.82) is 0 Å². The van der Waals surface area contributed by atoms with Crippen molar-refractivity contribution in [2.24, 2.45) is 0 Å². The average molecular weight is 483 g/mol. The number of amides is 1. The van der Waals surface area contributed by atoms with Gasteiger partial charge in [-0.25, -0.2) is 8.42 Å². The second-order valence-corrected chi connectivity index (χ2v) is 9.93. The number of aryl methyl sites for hydroxylation is 1. The number of nitrogens with one attached hydrogen (secondary N) is 1. The van der Waals surface area contributed by atoms with E-state index in [1.807, 2.05) is 38.1 Å². The average Bonchev–Trinajstić information content (AvgIpc) is 2.81. The van der Waals surface area contributed by atoms with Crippen molar-refractivity contribution in [3.8, 4) is 11.5 Å². The number of hydrogen-bond donors (Lipinski definition) is 1. The van der Waals surface area contributed by atoms with Crippen LogP contribution in [-0.4, -0.2) is 34.1 Å². The van der Waals surface area contributed by atoms with E-state index in [1.54, 1.807) is 49.4 Å². The van der Waals surface area contributed by atoms with E-state index in [4.69, 9.17) is 9.47 Å². The number of sulfonamides is 1. The quantitative estimate of drug-likeness (QED) is 0.466. The van der Waals surface area contributed by atoms with Crippen LogP contribution >= 0.6 is 0 Å². The van der Waals surface area contributed by atoms with Gasteiger partial charge in [0.1, 0.15) is 18.0 Å². The Morgan fingerprint density at radius 2 is 1.74 bits per heavy atom. The van der Waals surface area contributed by atoms with Crippen LogP contribution in [-0.2, 0) is 21.4 Å². The summed E-state index contributed by atoms with van der Waals surface area (Å²) in [6.07, 6.45) is 0.0380. The van der Waals surface area contributed by atoms with Crippen LogP contribution < -0.4 is 19.1 Å². The summed E-state index contributed by atoms with van der Waals surface area (Å²) in [5, 5.41) is 2.81. The summed E-state index contributed by atoms with van der Waals surface area (Å²) in [4.78, 5) is 12.9. The van der Waals surface area contributed by atoms with Crippen LogP contribution in [0.4, 0.5) is 5.69 Å². The third-order valence-corrected chi connectivity index (χ3v) is 6.82. The van der Waals surface area contributed by atoms with E-state index < -0.39 is 15.9 Å². The zero-order chi connectivity index (χ0) is 24.7. The van der Waals surface area contributed by atoms with Crippen molar-refractivity contribution in [2.45, 2.75) is 38.3 Å². The van der Waals surface area contributed by atoms with E-state index in [9.17, 15) is 13.2 Å². The topological polar surface area (TPSA) is 84.9 Å². The van der Waals surface area contributed by atoms with Gasteiger partial charge in [0.2, 0.25) is 5.91 Å². The lowest BCUT2D eigenvalue weighted by Crippen LogP contribution is -2.40. The Morgan fingerprint density at radius 1 is 1.00 bits per heavy atom. The van der Waals surface area contributed by atoms with Crippen LogP contribution in [0, 0.1) is 6.92 Å². The monoisotopic (exact) mass is 482 g/mol. The Balaban J connectivity index is 1.81. The first-order valence-electron chi connectivity index (χ1n) is 11.0. The highest BCUT2D eigenvalue weighted by molar-refractivity contribution is 7.92. The fraction of sp³-hybridized carbons (Fsp3) is 0.269. The van der Waals surface area contributed by atoms with Crippen molar-refractivity contribution >= 4 is 21.6 Å². The fourth-order valence-electron chi connectivity index (χ4n) is 3.44. The number of carbonyl (C=O) groups is 1. The van der Waals surface area contributed by atoms with Crippen molar-refractivity contribution in [3.05, 3.63) is 83.9 Å². The zero-order valence-electron chi connectivity index (χ0n) is 19.8. The molecule has 0 atom stereocenters. The molecule has 0 aliphatic carbocycles. The first-order valence-corrected chi connectivity index (χ1v) is 12.4. The van der Waals surface area contributed by atoms with Crippen LogP contribution in [0.25, 0.3) is 0 Å². The van der Waals surface area contributed by atoms with Gasteiger partial charge in [0.05, 0.1) is 23.8 Å². The lowest BCUT2D eigenvalue weighted by Gasteiger charge is -2.24. The molecular weight excluding hydrogens is 452 g/mol. The third-order valence-electron chi connectivity index (χ3n) is 5.05. The van der Waals surface area contributed by atoms with Gasteiger partial charge in [-0.15, -0.1) is 0 Å². The maximum absolute atomic E-state index is 13.5. The molecule has 8 heteroatoms. The van der Waals surface area contributed by atoms with Crippen LogP contribution in [0.5, 0.6) is 11.5 Å². The molecule has 0 fully saturated rings. The van der Waals surface area contributed by atoms with Crippen LogP contribution in [0.3, 0.4) is 0 Å². The number of benzene rings is 3. The largest absolute Gasteiger partial charge is 0.496 e. The predicted octanol–water partition coefficient (Wildman–Crippen LogP) is 4.30. The molecule has 1 amide bonds. The maximum Gasteiger partial charge on any atom is 0.264 e. The molecule has 0 unspecified atom stereocenters. The molecule has 180 valence electrons. The SMILES string of the molecule is COc1ccc(S(=O)(=O)N(CC(=O)NCc2cccc(OC(C)C)c2)c2ccccc2)cc1C. The lowest BCUT2D eigenvalue weighted by molar-refractivity contribution is -0.119. The molecule has 1 N–H and O–H groups in total. The molecule has 0 aliphatic rings. The minimum Gasteiger partial charge on any atom is -0.496 e. The predicted molar refractivity (Wildman–Crippen MR) is 133 cm³/mol. The van der Waals surface area contributed by atoms with Crippen LogP contribution in [0.15, 0.2) is 77.7 Å². The highest BCUT2D eigenvalue weighted by Crippen LogP contribution is 2.27. The van der Waals surface area contributed by atoms with E-state index in [-0.39, 0.29) is 24.1 Å². The van der Waals surface area contributed by atoms with Gasteiger partial charge in [0.25, 0.3) is 10.0 Å². The van der Waals surface area contributed by atoms with E-state index in [0.29, 0.717) is 22.7 Å². The number of anilines is 1. The number of rotatable bonds is 10. The number of nitrogens with zero attached hydrogens (tertiary/aromatic N) is 1. The van der Waals surface area contributed by atoms with Gasteiger partial charge in [0, 0.05) is 6.54 Å². The third kappa shape index (κ3) is 6.29. The summed E-state index contributed by atoms with van der Waals surface area (Å²) in [5.74, 6) is 0.879. The summed E-state index contributed by atoms with van der Waals surface area (Å²) in [6.45, 7) is 5.54. The summed E-state index contributed by atoms with van der Waals surface area (Å²) >= 11 is 0. The summed E-state index contributed by atoms with van der Waals surface area (Å²) in [5.41, 5.74) is 1.94. The molecule has 0 bridgehead atoms. The van der Waals surface area contributed by atoms with Gasteiger partial charge >= 0.3 is 0 Å². The molecule has 0 saturated carbocycles. The van der Waals surface area contributed by atoms with Crippen LogP contribution in [0.2, 0.25) is 0 Å². The Morgan fingerprint density at radius 3 is 2.38 bits per heavy atom. The van der Waals surface area contributed by atoms with Gasteiger partial charge in [-0.1, -0.05) is 30.3 Å². The molecule has 0 saturated heterocycles. The molecule has 34 heavy (non-hydrogen) atoms. The smallest absolute Gasteiger partial charge is 0.264 e. The standard InChI is InChI=1S/C26H30N2O5S/c1-19(2)33-23-12-8-9-21(16-23)17-27-26(29)18-28(22-10-6-5-7-11-22)34(30,31)24-13-14-25(32-4)20(3)15-24/h5-16,19H,17-18H2,1-4H3,(H,27,29). The Kier molecular flexibility index (Phi) is 8.17. The number of ether oxygens (including phenoxy) is 2. The second-order valence-electron chi connectivity index (χ2n) is 8.07. The minimum absolute atomic E-state index is 0.0380. The van der Waals surface area contributed by atoms with Gasteiger partial charge in [-0.05, 0) is 74.4 Å². The number of methoxy groups -OCH3 is 1. The fourth-order valence-corrected chi connectivity index (χ4v) is 4.94. The first-order chi connectivity index (χ1) is 16.2. The van der Waals surface area contributed by atoms with Gasteiger partial charge in [0.15, 0.2) is 0 Å². The van der Waals surface area contributed by atoms with Gasteiger partial charge < -0.3 is 14.8 Å². The molecule has 3 aromatic carbocycles. The van der Waals surface area contributed by atoms with E-state index in [1.165, 1.54) is 13.2 Å². The second kappa shape index (κ2) is 11.1. The van der Waals surface area contributed by atoms with Gasteiger partial charge in [-0.2, -0.15) is 0 Å². The Labute approximate surface area is 201 Å². The van der Waals surface area contributed by atoms with Crippen LogP contribution in [0.1, 0.15) is 25.0 Å². The molecule has 0 aliphatic heterocycles. The van der Waals surface area contributed by atoms with Crippen molar-refractivity contribution in [1.82, 2.24) is 5.32 Å². The zero-order valence-corrected chi connectivity index (χ0v) is 20.6. The highest BCUT2D eigenvalue weighted by Gasteiger charge is 2.27. The normalized spacial score (nSPS) is 11.2. The maximum atomic E-state index is 13.5. The number of para-hydroxylation sites is 1.